The molecule has 0 atom stereocenters. The molecule has 0 aliphatic heterocycles. The van der Waals surface area contributed by atoms with Gasteiger partial charge in [0, 0.05) is 0 Å². The minimum Gasteiger partial charge on any atom is -0.476 e. The fourth-order valence-corrected chi connectivity index (χ4v) is 0.953. The molecular formula is C8H4N4O3. The van der Waals surface area contributed by atoms with Crippen molar-refractivity contribution in [1.29, 1.82) is 5.26 Å². The lowest BCUT2D eigenvalue weighted by Gasteiger charge is -1.89. The molecule has 0 aliphatic carbocycles. The summed E-state index contributed by atoms with van der Waals surface area (Å²) >= 11 is 0. The van der Waals surface area contributed by atoms with Crippen LogP contribution in [0.2, 0.25) is 0 Å². The first-order valence-electron chi connectivity index (χ1n) is 3.84. The van der Waals surface area contributed by atoms with Gasteiger partial charge in [0.2, 0.25) is 0 Å². The molecule has 7 heteroatoms. The van der Waals surface area contributed by atoms with Gasteiger partial charge in [-0.05, 0) is 0 Å². The second kappa shape index (κ2) is 3.26. The standard InChI is InChI=1S/C8H4N4O3/c9-1-5-2-10-12(3-5)8-11-6(4-15-8)7(13)14/h2-4H,(H,13,14). The zero-order chi connectivity index (χ0) is 10.8. The molecule has 0 bridgehead atoms. The summed E-state index contributed by atoms with van der Waals surface area (Å²) in [4.78, 5) is 14.2. The maximum atomic E-state index is 10.5. The van der Waals surface area contributed by atoms with E-state index in [9.17, 15) is 4.79 Å². The number of carboxylic acids is 1. The molecule has 0 spiro atoms. The lowest BCUT2D eigenvalue weighted by Crippen LogP contribution is -1.99. The van der Waals surface area contributed by atoms with Gasteiger partial charge in [0.25, 0.3) is 0 Å². The van der Waals surface area contributed by atoms with Crippen LogP contribution in [0.1, 0.15) is 16.1 Å². The first kappa shape index (κ1) is 8.96. The third-order valence-corrected chi connectivity index (χ3v) is 1.62. The Hall–Kier alpha value is -2.62. The smallest absolute Gasteiger partial charge is 0.357 e. The predicted molar refractivity (Wildman–Crippen MR) is 45.3 cm³/mol. The van der Waals surface area contributed by atoms with Crippen molar-refractivity contribution in [3.05, 3.63) is 29.9 Å². The number of hydrogen-bond donors (Lipinski definition) is 1. The number of nitrogens with zero attached hydrogens (tertiary/aromatic N) is 4. The molecule has 0 amide bonds. The number of aromatic carboxylic acids is 1. The number of aromatic nitrogens is 3. The third kappa shape index (κ3) is 1.55. The molecule has 0 saturated heterocycles. The van der Waals surface area contributed by atoms with Crippen molar-refractivity contribution in [2.75, 3.05) is 0 Å². The van der Waals surface area contributed by atoms with Gasteiger partial charge in [-0.2, -0.15) is 20.0 Å². The number of carbonyl (C=O) groups is 1. The summed E-state index contributed by atoms with van der Waals surface area (Å²) in [7, 11) is 0. The molecular weight excluding hydrogens is 200 g/mol. The fourth-order valence-electron chi connectivity index (χ4n) is 0.953. The molecule has 74 valence electrons. The minimum absolute atomic E-state index is 0.00824. The topological polar surface area (TPSA) is 105 Å². The van der Waals surface area contributed by atoms with Crippen LogP contribution in [0.5, 0.6) is 0 Å². The van der Waals surface area contributed by atoms with Gasteiger partial charge >= 0.3 is 12.0 Å². The Kier molecular flexibility index (Phi) is 1.95. The molecule has 0 radical (unpaired) electrons. The van der Waals surface area contributed by atoms with E-state index >= 15 is 0 Å². The minimum atomic E-state index is -1.18. The highest BCUT2D eigenvalue weighted by atomic mass is 16.4. The molecule has 2 aromatic heterocycles. The Morgan fingerprint density at radius 3 is 3.00 bits per heavy atom. The largest absolute Gasteiger partial charge is 0.476 e. The average Bonchev–Trinajstić information content (AvgIpc) is 2.86. The summed E-state index contributed by atoms with van der Waals surface area (Å²) in [6, 6.07) is 1.89. The molecule has 0 aromatic carbocycles. The summed E-state index contributed by atoms with van der Waals surface area (Å²) in [6.07, 6.45) is 3.72. The first-order chi connectivity index (χ1) is 7.20. The van der Waals surface area contributed by atoms with Crippen molar-refractivity contribution in [3.8, 4) is 12.1 Å². The monoisotopic (exact) mass is 204 g/mol. The summed E-state index contributed by atoms with van der Waals surface area (Å²) < 4.78 is 6.05. The molecule has 2 heterocycles. The second-order valence-electron chi connectivity index (χ2n) is 2.61. The highest BCUT2D eigenvalue weighted by Gasteiger charge is 2.12. The molecule has 0 aliphatic rings. The highest BCUT2D eigenvalue weighted by Crippen LogP contribution is 2.07. The van der Waals surface area contributed by atoms with E-state index in [2.05, 4.69) is 10.1 Å². The molecule has 0 saturated carbocycles. The van der Waals surface area contributed by atoms with Crippen LogP contribution in [0.3, 0.4) is 0 Å². The van der Waals surface area contributed by atoms with E-state index in [0.29, 0.717) is 5.56 Å². The van der Waals surface area contributed by atoms with E-state index in [1.807, 2.05) is 6.07 Å². The van der Waals surface area contributed by atoms with Crippen LogP contribution in [0.25, 0.3) is 6.01 Å². The lowest BCUT2D eigenvalue weighted by molar-refractivity contribution is 0.0690. The summed E-state index contributed by atoms with van der Waals surface area (Å²) in [5.41, 5.74) is 0.129. The maximum absolute atomic E-state index is 10.5. The normalized spacial score (nSPS) is 9.80. The van der Waals surface area contributed by atoms with E-state index in [0.717, 1.165) is 6.26 Å². The fraction of sp³-hybridized carbons (Fsp3) is 0. The third-order valence-electron chi connectivity index (χ3n) is 1.62. The Labute approximate surface area is 83.2 Å². The first-order valence-corrected chi connectivity index (χ1v) is 3.84. The van der Waals surface area contributed by atoms with Gasteiger partial charge in [-0.1, -0.05) is 0 Å². The maximum Gasteiger partial charge on any atom is 0.357 e. The molecule has 0 unspecified atom stereocenters. The second-order valence-corrected chi connectivity index (χ2v) is 2.61. The van der Waals surface area contributed by atoms with Gasteiger partial charge in [0.05, 0.1) is 18.0 Å². The van der Waals surface area contributed by atoms with Gasteiger partial charge in [-0.15, -0.1) is 0 Å². The van der Waals surface area contributed by atoms with E-state index in [-0.39, 0.29) is 11.7 Å². The predicted octanol–water partition coefficient (Wildman–Crippen LogP) is 0.430. The number of oxazole rings is 1. The molecule has 2 aromatic rings. The van der Waals surface area contributed by atoms with Crippen LogP contribution in [-0.4, -0.2) is 25.8 Å². The van der Waals surface area contributed by atoms with Crippen LogP contribution in [0.4, 0.5) is 0 Å². The van der Waals surface area contributed by atoms with Crippen LogP contribution >= 0.6 is 0 Å². The molecule has 15 heavy (non-hydrogen) atoms. The number of carboxylic acid groups (broad SMARTS) is 1. The summed E-state index contributed by atoms with van der Waals surface area (Å²) in [5, 5.41) is 20.9. The lowest BCUT2D eigenvalue weighted by atomic mass is 10.4. The summed E-state index contributed by atoms with van der Waals surface area (Å²) in [5.74, 6) is -1.18. The zero-order valence-corrected chi connectivity index (χ0v) is 7.28. The Morgan fingerprint density at radius 2 is 2.47 bits per heavy atom. The van der Waals surface area contributed by atoms with Crippen LogP contribution in [0.15, 0.2) is 23.1 Å². The van der Waals surface area contributed by atoms with Gasteiger partial charge in [-0.3, -0.25) is 0 Å². The van der Waals surface area contributed by atoms with Crippen molar-refractivity contribution >= 4 is 5.97 Å². The molecule has 1 N–H and O–H groups in total. The van der Waals surface area contributed by atoms with Crippen molar-refractivity contribution in [2.45, 2.75) is 0 Å². The Balaban J connectivity index is 2.38. The molecule has 2 rings (SSSR count). The quantitative estimate of drug-likeness (QED) is 0.760. The number of rotatable bonds is 2. The van der Waals surface area contributed by atoms with Gasteiger partial charge < -0.3 is 9.52 Å². The van der Waals surface area contributed by atoms with Crippen LogP contribution < -0.4 is 0 Å². The number of hydrogen-bond acceptors (Lipinski definition) is 5. The Morgan fingerprint density at radius 1 is 1.67 bits per heavy atom. The zero-order valence-electron chi connectivity index (χ0n) is 7.28. The van der Waals surface area contributed by atoms with Gasteiger partial charge in [0.15, 0.2) is 5.69 Å². The summed E-state index contributed by atoms with van der Waals surface area (Å²) in [6.45, 7) is 0. The highest BCUT2D eigenvalue weighted by molar-refractivity contribution is 5.84. The van der Waals surface area contributed by atoms with Crippen LogP contribution in [0, 0.1) is 11.3 Å². The van der Waals surface area contributed by atoms with Crippen molar-refractivity contribution in [1.82, 2.24) is 14.8 Å². The van der Waals surface area contributed by atoms with Crippen LogP contribution in [-0.2, 0) is 0 Å². The number of nitriles is 1. The molecule has 7 nitrogen and oxygen atoms in total. The van der Waals surface area contributed by atoms with Crippen molar-refractivity contribution < 1.29 is 14.3 Å². The van der Waals surface area contributed by atoms with Crippen molar-refractivity contribution in [3.63, 3.8) is 0 Å². The Bertz CT molecular complexity index is 548. The van der Waals surface area contributed by atoms with Gasteiger partial charge in [-0.25, -0.2) is 4.79 Å². The van der Waals surface area contributed by atoms with E-state index in [1.165, 1.54) is 17.1 Å². The van der Waals surface area contributed by atoms with E-state index in [1.54, 1.807) is 0 Å². The SMILES string of the molecule is N#Cc1cnn(-c2nc(C(=O)O)co2)c1. The van der Waals surface area contributed by atoms with Crippen molar-refractivity contribution in [2.24, 2.45) is 0 Å². The molecule has 0 fully saturated rings. The van der Waals surface area contributed by atoms with Gasteiger partial charge in [0.1, 0.15) is 12.3 Å². The van der Waals surface area contributed by atoms with E-state index < -0.39 is 5.97 Å². The average molecular weight is 204 g/mol. The van der Waals surface area contributed by atoms with E-state index in [4.69, 9.17) is 14.8 Å².